The summed E-state index contributed by atoms with van der Waals surface area (Å²) >= 11 is 1.33. The van der Waals surface area contributed by atoms with Crippen molar-refractivity contribution in [3.8, 4) is 0 Å². The van der Waals surface area contributed by atoms with Gasteiger partial charge < -0.3 is 9.31 Å². The molecule has 2 heterocycles. The predicted molar refractivity (Wildman–Crippen MR) is 75.3 cm³/mol. The zero-order valence-corrected chi connectivity index (χ0v) is 12.2. The van der Waals surface area contributed by atoms with E-state index in [1.54, 1.807) is 6.20 Å². The highest BCUT2D eigenvalue weighted by atomic mass is 32.1. The van der Waals surface area contributed by atoms with Gasteiger partial charge in [-0.1, -0.05) is 0 Å². The van der Waals surface area contributed by atoms with E-state index in [2.05, 4.69) is 4.37 Å². The van der Waals surface area contributed by atoms with Crippen LogP contribution in [0.1, 0.15) is 27.7 Å². The van der Waals surface area contributed by atoms with Crippen LogP contribution in [0.15, 0.2) is 18.3 Å². The minimum Gasteiger partial charge on any atom is -0.399 e. The Bertz CT molecular complexity index is 625. The second-order valence-corrected chi connectivity index (χ2v) is 6.63. The number of fused-ring (bicyclic) bond motifs is 1. The summed E-state index contributed by atoms with van der Waals surface area (Å²) in [6.45, 7) is 7.93. The molecule has 0 unspecified atom stereocenters. The molecule has 1 aliphatic heterocycles. The monoisotopic (exact) mass is 279 g/mol. The zero-order chi connectivity index (χ0) is 13.8. The Hall–Kier alpha value is -0.975. The summed E-state index contributed by atoms with van der Waals surface area (Å²) in [6.07, 6.45) is 1.66. The molecule has 6 heteroatoms. The van der Waals surface area contributed by atoms with Gasteiger partial charge in [0.25, 0.3) is 0 Å². The molecule has 3 rings (SSSR count). The first-order chi connectivity index (χ1) is 8.80. The molecular weight excluding hydrogens is 264 g/mol. The maximum absolute atomic E-state index is 13.7. The van der Waals surface area contributed by atoms with Crippen LogP contribution in [0.5, 0.6) is 0 Å². The molecule has 0 aliphatic carbocycles. The van der Waals surface area contributed by atoms with E-state index in [9.17, 15) is 4.39 Å². The van der Waals surface area contributed by atoms with Gasteiger partial charge in [-0.2, -0.15) is 4.37 Å². The minimum atomic E-state index is -0.552. The second-order valence-electron chi connectivity index (χ2n) is 5.83. The van der Waals surface area contributed by atoms with Gasteiger partial charge in [0, 0.05) is 17.0 Å². The van der Waals surface area contributed by atoms with Gasteiger partial charge >= 0.3 is 7.12 Å². The largest absolute Gasteiger partial charge is 0.496 e. The molecule has 1 aromatic carbocycles. The Labute approximate surface area is 116 Å². The summed E-state index contributed by atoms with van der Waals surface area (Å²) in [5.74, 6) is -0.294. The van der Waals surface area contributed by atoms with Crippen molar-refractivity contribution in [1.29, 1.82) is 0 Å². The van der Waals surface area contributed by atoms with Crippen molar-refractivity contribution >= 4 is 34.2 Å². The summed E-state index contributed by atoms with van der Waals surface area (Å²) in [7, 11) is -0.552. The molecular formula is C13H15BFNO2S. The lowest BCUT2D eigenvalue weighted by molar-refractivity contribution is 0.00578. The Balaban J connectivity index is 2.09. The summed E-state index contributed by atoms with van der Waals surface area (Å²) in [5, 5.41) is 0.787. The summed E-state index contributed by atoms with van der Waals surface area (Å²) in [4.78, 5) is 0. The van der Waals surface area contributed by atoms with Gasteiger partial charge in [0.1, 0.15) is 5.82 Å². The quantitative estimate of drug-likeness (QED) is 0.752. The van der Waals surface area contributed by atoms with Gasteiger partial charge in [-0.05, 0) is 51.4 Å². The highest BCUT2D eigenvalue weighted by Crippen LogP contribution is 2.37. The molecule has 100 valence electrons. The first-order valence-electron chi connectivity index (χ1n) is 6.20. The van der Waals surface area contributed by atoms with Crippen molar-refractivity contribution in [1.82, 2.24) is 4.37 Å². The van der Waals surface area contributed by atoms with E-state index in [0.717, 1.165) is 15.5 Å². The van der Waals surface area contributed by atoms with E-state index in [1.165, 1.54) is 23.7 Å². The molecule has 1 aliphatic rings. The standard InChI is InChI=1S/C13H15BFNO2S/c1-12(2)13(3,4)18-14(17-12)10-6-9(15)5-8-7-16-19-11(8)10/h5-7H,1-4H3. The fourth-order valence-electron chi connectivity index (χ4n) is 2.12. The van der Waals surface area contributed by atoms with Gasteiger partial charge in [-0.25, -0.2) is 4.39 Å². The zero-order valence-electron chi connectivity index (χ0n) is 11.4. The van der Waals surface area contributed by atoms with Crippen LogP contribution >= 0.6 is 11.5 Å². The van der Waals surface area contributed by atoms with E-state index in [1.807, 2.05) is 27.7 Å². The third-order valence-electron chi connectivity index (χ3n) is 3.95. The lowest BCUT2D eigenvalue weighted by Crippen LogP contribution is -2.41. The van der Waals surface area contributed by atoms with Crippen LogP contribution < -0.4 is 5.46 Å². The molecule has 0 saturated carbocycles. The van der Waals surface area contributed by atoms with Crippen molar-refractivity contribution in [2.75, 3.05) is 0 Å². The molecule has 1 fully saturated rings. The Morgan fingerprint density at radius 1 is 1.16 bits per heavy atom. The lowest BCUT2D eigenvalue weighted by Gasteiger charge is -2.32. The number of nitrogens with zero attached hydrogens (tertiary/aromatic N) is 1. The van der Waals surface area contributed by atoms with Gasteiger partial charge in [-0.15, -0.1) is 0 Å². The van der Waals surface area contributed by atoms with Gasteiger partial charge in [0.2, 0.25) is 0 Å². The topological polar surface area (TPSA) is 31.4 Å². The van der Waals surface area contributed by atoms with Gasteiger partial charge in [-0.3, -0.25) is 0 Å². The lowest BCUT2D eigenvalue weighted by atomic mass is 9.78. The van der Waals surface area contributed by atoms with Crippen molar-refractivity contribution in [2.24, 2.45) is 0 Å². The van der Waals surface area contributed by atoms with Crippen LogP contribution in [-0.2, 0) is 9.31 Å². The van der Waals surface area contributed by atoms with E-state index in [-0.39, 0.29) is 5.82 Å². The van der Waals surface area contributed by atoms with Crippen LogP contribution in [0.4, 0.5) is 4.39 Å². The molecule has 19 heavy (non-hydrogen) atoms. The average molecular weight is 279 g/mol. The SMILES string of the molecule is CC1(C)OB(c2cc(F)cc3cnsc23)OC1(C)C. The molecule has 0 amide bonds. The number of aromatic nitrogens is 1. The molecule has 0 radical (unpaired) electrons. The molecule has 2 aromatic rings. The summed E-state index contributed by atoms with van der Waals surface area (Å²) < 4.78 is 30.7. The Kier molecular flexibility index (Phi) is 2.75. The fourth-order valence-corrected chi connectivity index (χ4v) is 2.87. The van der Waals surface area contributed by atoms with E-state index in [0.29, 0.717) is 0 Å². The Morgan fingerprint density at radius 3 is 2.42 bits per heavy atom. The highest BCUT2D eigenvalue weighted by molar-refractivity contribution is 7.15. The average Bonchev–Trinajstić information content (AvgIpc) is 2.80. The van der Waals surface area contributed by atoms with Crippen molar-refractivity contribution in [3.63, 3.8) is 0 Å². The van der Waals surface area contributed by atoms with Crippen LogP contribution in [0.25, 0.3) is 10.1 Å². The molecule has 3 nitrogen and oxygen atoms in total. The van der Waals surface area contributed by atoms with Crippen molar-refractivity contribution < 1.29 is 13.7 Å². The summed E-state index contributed by atoms with van der Waals surface area (Å²) in [5.41, 5.74) is -0.140. The van der Waals surface area contributed by atoms with Crippen LogP contribution in [0, 0.1) is 5.82 Å². The predicted octanol–water partition coefficient (Wildman–Crippen LogP) is 2.73. The maximum Gasteiger partial charge on any atom is 0.496 e. The molecule has 0 spiro atoms. The number of benzene rings is 1. The second kappa shape index (κ2) is 4.01. The van der Waals surface area contributed by atoms with Crippen molar-refractivity contribution in [3.05, 3.63) is 24.1 Å². The third-order valence-corrected chi connectivity index (χ3v) is 4.82. The van der Waals surface area contributed by atoms with Gasteiger partial charge in [0.15, 0.2) is 0 Å². The number of rotatable bonds is 1. The third kappa shape index (κ3) is 1.98. The summed E-state index contributed by atoms with van der Waals surface area (Å²) in [6, 6.07) is 2.95. The van der Waals surface area contributed by atoms with E-state index >= 15 is 0 Å². The molecule has 0 N–H and O–H groups in total. The van der Waals surface area contributed by atoms with Crippen LogP contribution in [0.2, 0.25) is 0 Å². The number of halogens is 1. The van der Waals surface area contributed by atoms with E-state index in [4.69, 9.17) is 9.31 Å². The first-order valence-corrected chi connectivity index (χ1v) is 6.97. The number of hydrogen-bond donors (Lipinski definition) is 0. The molecule has 1 saturated heterocycles. The van der Waals surface area contributed by atoms with Gasteiger partial charge in [0.05, 0.1) is 15.9 Å². The Morgan fingerprint density at radius 2 is 1.79 bits per heavy atom. The maximum atomic E-state index is 13.7. The van der Waals surface area contributed by atoms with Crippen LogP contribution in [-0.4, -0.2) is 22.7 Å². The van der Waals surface area contributed by atoms with Crippen LogP contribution in [0.3, 0.4) is 0 Å². The first kappa shape index (κ1) is 13.0. The minimum absolute atomic E-state index is 0.294. The van der Waals surface area contributed by atoms with E-state index < -0.39 is 18.3 Å². The highest BCUT2D eigenvalue weighted by Gasteiger charge is 2.52. The smallest absolute Gasteiger partial charge is 0.399 e. The molecule has 0 atom stereocenters. The molecule has 1 aromatic heterocycles. The molecule has 0 bridgehead atoms. The van der Waals surface area contributed by atoms with Crippen molar-refractivity contribution in [2.45, 2.75) is 38.9 Å². The fraction of sp³-hybridized carbons (Fsp3) is 0.462. The number of hydrogen-bond acceptors (Lipinski definition) is 4. The normalized spacial score (nSPS) is 21.2.